The van der Waals surface area contributed by atoms with Crippen LogP contribution in [0.15, 0.2) is 42.5 Å². The number of hydrogen-bond acceptors (Lipinski definition) is 5. The Balaban J connectivity index is 1.88. The summed E-state index contributed by atoms with van der Waals surface area (Å²) in [6.45, 7) is 1.36. The number of fused-ring (bicyclic) bond motifs is 1. The van der Waals surface area contributed by atoms with Crippen molar-refractivity contribution in [2.75, 3.05) is 7.11 Å². The molecule has 1 aliphatic heterocycles. The molecular formula is C18H18O5. The molecule has 120 valence electrons. The number of aliphatic hydroxyl groups excluding tert-OH is 1. The van der Waals surface area contributed by atoms with Crippen molar-refractivity contribution in [1.29, 1.82) is 0 Å². The first-order valence-corrected chi connectivity index (χ1v) is 7.38. The Labute approximate surface area is 134 Å². The molecule has 0 bridgehead atoms. The number of methoxy groups -OCH3 is 1. The lowest BCUT2D eigenvalue weighted by molar-refractivity contribution is -0.131. The number of rotatable bonds is 3. The van der Waals surface area contributed by atoms with E-state index in [0.29, 0.717) is 23.7 Å². The standard InChI is InChI=1S/C18H18O5/c1-11(19)22-14-5-3-4-12(8-14)17-10-16(20)15-7-6-13(21-2)9-18(15)23-17/h3-9,16-17,20H,10H2,1-2H3/t16-,17-/m0/s1. The molecule has 2 aromatic carbocycles. The number of aliphatic hydroxyl groups is 1. The average molecular weight is 314 g/mol. The van der Waals surface area contributed by atoms with E-state index < -0.39 is 6.10 Å². The first kappa shape index (κ1) is 15.4. The first-order valence-electron chi connectivity index (χ1n) is 7.38. The molecule has 0 radical (unpaired) electrons. The molecule has 23 heavy (non-hydrogen) atoms. The van der Waals surface area contributed by atoms with Gasteiger partial charge in [-0.3, -0.25) is 4.79 Å². The molecule has 5 nitrogen and oxygen atoms in total. The summed E-state index contributed by atoms with van der Waals surface area (Å²) >= 11 is 0. The van der Waals surface area contributed by atoms with Gasteiger partial charge in [-0.15, -0.1) is 0 Å². The van der Waals surface area contributed by atoms with Crippen LogP contribution in [0.25, 0.3) is 0 Å². The molecule has 3 rings (SSSR count). The Morgan fingerprint density at radius 2 is 2.04 bits per heavy atom. The van der Waals surface area contributed by atoms with Crippen molar-refractivity contribution in [2.24, 2.45) is 0 Å². The molecule has 2 aromatic rings. The van der Waals surface area contributed by atoms with Crippen LogP contribution in [0, 0.1) is 0 Å². The smallest absolute Gasteiger partial charge is 0.308 e. The lowest BCUT2D eigenvalue weighted by Gasteiger charge is -2.30. The summed E-state index contributed by atoms with van der Waals surface area (Å²) in [5.74, 6) is 1.36. The fourth-order valence-corrected chi connectivity index (χ4v) is 2.70. The van der Waals surface area contributed by atoms with E-state index in [1.165, 1.54) is 6.92 Å². The molecule has 0 amide bonds. The van der Waals surface area contributed by atoms with Gasteiger partial charge in [-0.05, 0) is 29.8 Å². The van der Waals surface area contributed by atoms with Gasteiger partial charge in [0.05, 0.1) is 13.2 Å². The predicted octanol–water partition coefficient (Wildman–Crippen LogP) is 3.18. The molecule has 5 heteroatoms. The monoisotopic (exact) mass is 314 g/mol. The van der Waals surface area contributed by atoms with Gasteiger partial charge in [0.1, 0.15) is 23.4 Å². The van der Waals surface area contributed by atoms with Crippen LogP contribution in [0.2, 0.25) is 0 Å². The van der Waals surface area contributed by atoms with Crippen molar-refractivity contribution in [3.63, 3.8) is 0 Å². The van der Waals surface area contributed by atoms with Crippen LogP contribution in [-0.2, 0) is 4.79 Å². The van der Waals surface area contributed by atoms with E-state index in [-0.39, 0.29) is 12.1 Å². The number of carbonyl (C=O) groups is 1. The molecule has 1 heterocycles. The molecule has 0 unspecified atom stereocenters. The second kappa shape index (κ2) is 6.30. The van der Waals surface area contributed by atoms with Gasteiger partial charge in [-0.2, -0.15) is 0 Å². The minimum Gasteiger partial charge on any atom is -0.497 e. The Bertz CT molecular complexity index is 725. The van der Waals surface area contributed by atoms with E-state index in [4.69, 9.17) is 14.2 Å². The Morgan fingerprint density at radius 1 is 1.22 bits per heavy atom. The molecule has 0 spiro atoms. The maximum Gasteiger partial charge on any atom is 0.308 e. The SMILES string of the molecule is COc1ccc2c(c1)O[C@H](c1cccc(OC(C)=O)c1)C[C@@H]2O. The minimum atomic E-state index is -0.618. The Kier molecular flexibility index (Phi) is 4.21. The van der Waals surface area contributed by atoms with Crippen molar-refractivity contribution in [3.05, 3.63) is 53.6 Å². The summed E-state index contributed by atoms with van der Waals surface area (Å²) in [5.41, 5.74) is 1.59. The van der Waals surface area contributed by atoms with Gasteiger partial charge in [-0.1, -0.05) is 12.1 Å². The first-order chi connectivity index (χ1) is 11.1. The summed E-state index contributed by atoms with van der Waals surface area (Å²) in [6.07, 6.45) is -0.504. The van der Waals surface area contributed by atoms with Crippen LogP contribution >= 0.6 is 0 Å². The average Bonchev–Trinajstić information content (AvgIpc) is 2.53. The van der Waals surface area contributed by atoms with Gasteiger partial charge in [0.25, 0.3) is 0 Å². The van der Waals surface area contributed by atoms with Crippen molar-refractivity contribution >= 4 is 5.97 Å². The highest BCUT2D eigenvalue weighted by Crippen LogP contribution is 2.42. The predicted molar refractivity (Wildman–Crippen MR) is 83.7 cm³/mol. The van der Waals surface area contributed by atoms with E-state index in [9.17, 15) is 9.90 Å². The quantitative estimate of drug-likeness (QED) is 0.696. The van der Waals surface area contributed by atoms with Gasteiger partial charge in [0.15, 0.2) is 0 Å². The molecule has 1 aliphatic rings. The fourth-order valence-electron chi connectivity index (χ4n) is 2.70. The molecule has 0 saturated carbocycles. The number of carbonyl (C=O) groups excluding carboxylic acids is 1. The van der Waals surface area contributed by atoms with Crippen molar-refractivity contribution < 1.29 is 24.1 Å². The van der Waals surface area contributed by atoms with E-state index in [2.05, 4.69) is 0 Å². The number of ether oxygens (including phenoxy) is 3. The third-order valence-corrected chi connectivity index (χ3v) is 3.78. The lowest BCUT2D eigenvalue weighted by Crippen LogP contribution is -2.19. The van der Waals surface area contributed by atoms with Crippen LogP contribution in [0.1, 0.15) is 36.7 Å². The number of hydrogen-bond donors (Lipinski definition) is 1. The van der Waals surface area contributed by atoms with E-state index in [0.717, 1.165) is 11.1 Å². The van der Waals surface area contributed by atoms with E-state index in [1.807, 2.05) is 12.1 Å². The zero-order chi connectivity index (χ0) is 16.4. The van der Waals surface area contributed by atoms with Crippen molar-refractivity contribution in [1.82, 2.24) is 0 Å². The molecule has 1 N–H and O–H groups in total. The summed E-state index contributed by atoms with van der Waals surface area (Å²) in [4.78, 5) is 11.1. The zero-order valence-electron chi connectivity index (χ0n) is 13.0. The summed E-state index contributed by atoms with van der Waals surface area (Å²) < 4.78 is 16.3. The summed E-state index contributed by atoms with van der Waals surface area (Å²) in [7, 11) is 1.58. The van der Waals surface area contributed by atoms with Gasteiger partial charge in [0, 0.05) is 25.0 Å². The van der Waals surface area contributed by atoms with Gasteiger partial charge in [-0.25, -0.2) is 0 Å². The summed E-state index contributed by atoms with van der Waals surface area (Å²) in [6, 6.07) is 12.5. The van der Waals surface area contributed by atoms with Crippen molar-refractivity contribution in [3.8, 4) is 17.2 Å². The topological polar surface area (TPSA) is 65.0 Å². The number of esters is 1. The van der Waals surface area contributed by atoms with Crippen LogP contribution < -0.4 is 14.2 Å². The van der Waals surface area contributed by atoms with Crippen LogP contribution in [0.5, 0.6) is 17.2 Å². The largest absolute Gasteiger partial charge is 0.497 e. The van der Waals surface area contributed by atoms with E-state index >= 15 is 0 Å². The highest BCUT2D eigenvalue weighted by molar-refractivity contribution is 5.69. The maximum absolute atomic E-state index is 11.1. The van der Waals surface area contributed by atoms with Crippen LogP contribution in [0.3, 0.4) is 0 Å². The second-order valence-electron chi connectivity index (χ2n) is 5.43. The fraction of sp³-hybridized carbons (Fsp3) is 0.278. The highest BCUT2D eigenvalue weighted by atomic mass is 16.5. The lowest BCUT2D eigenvalue weighted by atomic mass is 9.95. The molecule has 2 atom stereocenters. The maximum atomic E-state index is 11.1. The zero-order valence-corrected chi connectivity index (χ0v) is 13.0. The molecule has 0 aliphatic carbocycles. The molecule has 0 aromatic heterocycles. The minimum absolute atomic E-state index is 0.319. The van der Waals surface area contributed by atoms with Crippen molar-refractivity contribution in [2.45, 2.75) is 25.6 Å². The van der Waals surface area contributed by atoms with Gasteiger partial charge >= 0.3 is 5.97 Å². The van der Waals surface area contributed by atoms with Crippen LogP contribution in [-0.4, -0.2) is 18.2 Å². The molecule has 0 saturated heterocycles. The van der Waals surface area contributed by atoms with E-state index in [1.54, 1.807) is 37.4 Å². The van der Waals surface area contributed by atoms with Gasteiger partial charge < -0.3 is 19.3 Å². The van der Waals surface area contributed by atoms with Crippen LogP contribution in [0.4, 0.5) is 0 Å². The Hall–Kier alpha value is -2.53. The second-order valence-corrected chi connectivity index (χ2v) is 5.43. The molecular weight excluding hydrogens is 296 g/mol. The Morgan fingerprint density at radius 3 is 2.78 bits per heavy atom. The molecule has 0 fully saturated rings. The summed E-state index contributed by atoms with van der Waals surface area (Å²) in [5, 5.41) is 10.4. The highest BCUT2D eigenvalue weighted by Gasteiger charge is 2.28. The third-order valence-electron chi connectivity index (χ3n) is 3.78. The number of benzene rings is 2. The normalized spacial score (nSPS) is 19.4. The van der Waals surface area contributed by atoms with Gasteiger partial charge in [0.2, 0.25) is 0 Å². The third kappa shape index (κ3) is 3.29.